The van der Waals surface area contributed by atoms with Crippen LogP contribution in [-0.4, -0.2) is 22.9 Å². The average molecular weight is 164 g/mol. The molecule has 0 spiro atoms. The van der Waals surface area contributed by atoms with Gasteiger partial charge in [0.25, 0.3) is 0 Å². The number of carbonyl (C=O) groups excluding carboxylic acids is 2. The number of hydrogen-bond donors (Lipinski definition) is 1. The molecule has 0 unspecified atom stereocenters. The Balaban J connectivity index is 2.25. The van der Waals surface area contributed by atoms with Crippen molar-refractivity contribution >= 4 is 11.8 Å². The minimum Gasteiger partial charge on any atom is -0.332 e. The van der Waals surface area contributed by atoms with Gasteiger partial charge in [-0.1, -0.05) is 6.08 Å². The van der Waals surface area contributed by atoms with Gasteiger partial charge < -0.3 is 5.32 Å². The number of amides is 2. The molecule has 4 nitrogen and oxygen atoms in total. The second-order valence-electron chi connectivity index (χ2n) is 2.72. The third-order valence-corrected chi connectivity index (χ3v) is 1.86. The highest BCUT2D eigenvalue weighted by Gasteiger charge is 2.29. The van der Waals surface area contributed by atoms with Crippen LogP contribution in [0.2, 0.25) is 0 Å². The molecule has 0 saturated carbocycles. The van der Waals surface area contributed by atoms with E-state index in [1.807, 2.05) is 0 Å². The fourth-order valence-corrected chi connectivity index (χ4v) is 1.30. The lowest BCUT2D eigenvalue weighted by molar-refractivity contribution is -0.140. The molecule has 1 fully saturated rings. The highest BCUT2D eigenvalue weighted by Crippen LogP contribution is 2.12. The van der Waals surface area contributed by atoms with Crippen LogP contribution < -0.4 is 5.32 Å². The third kappa shape index (κ3) is 1.01. The molecule has 1 saturated heterocycles. The molecule has 1 atom stereocenters. The van der Waals surface area contributed by atoms with Gasteiger partial charge in [-0.3, -0.25) is 14.5 Å². The van der Waals surface area contributed by atoms with Gasteiger partial charge in [0.15, 0.2) is 0 Å². The summed E-state index contributed by atoms with van der Waals surface area (Å²) < 4.78 is 0. The van der Waals surface area contributed by atoms with Gasteiger partial charge in [0.1, 0.15) is 12.6 Å². The molecule has 2 rings (SSSR count). The van der Waals surface area contributed by atoms with Gasteiger partial charge in [-0.05, 0) is 12.2 Å². The predicted molar refractivity (Wildman–Crippen MR) is 41.7 cm³/mol. The largest absolute Gasteiger partial charge is 0.332 e. The monoisotopic (exact) mass is 164 g/mol. The second kappa shape index (κ2) is 2.48. The number of rotatable bonds is 0. The van der Waals surface area contributed by atoms with Crippen LogP contribution in [0.3, 0.4) is 0 Å². The van der Waals surface area contributed by atoms with Crippen LogP contribution in [-0.2, 0) is 9.59 Å². The maximum absolute atomic E-state index is 11.2. The summed E-state index contributed by atoms with van der Waals surface area (Å²) in [6, 6.07) is 0. The molecule has 2 amide bonds. The Hall–Kier alpha value is -1.58. The van der Waals surface area contributed by atoms with Crippen LogP contribution in [0.25, 0.3) is 0 Å². The standard InChI is InChI=1S/C8H8N2O2/c11-7-5-8(12)10-4-2-1-3-6(10)9-7/h1-4,6H,5H2,(H,9,11)/t6-/m1/s1. The van der Waals surface area contributed by atoms with Gasteiger partial charge in [-0.15, -0.1) is 0 Å². The molecule has 0 aliphatic carbocycles. The summed E-state index contributed by atoms with van der Waals surface area (Å²) in [5.74, 6) is -0.356. The molecule has 2 heterocycles. The Morgan fingerprint density at radius 1 is 1.42 bits per heavy atom. The van der Waals surface area contributed by atoms with E-state index in [1.165, 1.54) is 4.90 Å². The summed E-state index contributed by atoms with van der Waals surface area (Å²) in [4.78, 5) is 23.6. The molecule has 1 N–H and O–H groups in total. The summed E-state index contributed by atoms with van der Waals surface area (Å²) in [5, 5.41) is 2.68. The molecular formula is C8H8N2O2. The van der Waals surface area contributed by atoms with Crippen molar-refractivity contribution in [1.29, 1.82) is 0 Å². The lowest BCUT2D eigenvalue weighted by Gasteiger charge is -2.32. The van der Waals surface area contributed by atoms with Crippen molar-refractivity contribution < 1.29 is 9.59 Å². The third-order valence-electron chi connectivity index (χ3n) is 1.86. The molecule has 0 radical (unpaired) electrons. The van der Waals surface area contributed by atoms with Crippen LogP contribution in [0.5, 0.6) is 0 Å². The summed E-state index contributed by atoms with van der Waals surface area (Å²) in [6.45, 7) is 0. The van der Waals surface area contributed by atoms with Gasteiger partial charge in [0, 0.05) is 6.20 Å². The molecule has 0 aromatic carbocycles. The van der Waals surface area contributed by atoms with Gasteiger partial charge in [0.05, 0.1) is 0 Å². The molecular weight excluding hydrogens is 156 g/mol. The molecule has 12 heavy (non-hydrogen) atoms. The summed E-state index contributed by atoms with van der Waals surface area (Å²) in [5.41, 5.74) is 0. The first kappa shape index (κ1) is 7.09. The molecule has 0 aromatic rings. The van der Waals surface area contributed by atoms with Crippen LogP contribution in [0.1, 0.15) is 6.42 Å². The van der Waals surface area contributed by atoms with E-state index >= 15 is 0 Å². The molecule has 0 bridgehead atoms. The molecule has 4 heteroatoms. The minimum atomic E-state index is -0.274. The highest BCUT2D eigenvalue weighted by atomic mass is 16.2. The Bertz CT molecular complexity index is 293. The zero-order valence-corrected chi connectivity index (χ0v) is 6.36. The maximum Gasteiger partial charge on any atom is 0.237 e. The number of fused-ring (bicyclic) bond motifs is 1. The molecule has 2 aliphatic heterocycles. The zero-order valence-electron chi connectivity index (χ0n) is 6.36. The van der Waals surface area contributed by atoms with Crippen molar-refractivity contribution in [2.75, 3.05) is 0 Å². The van der Waals surface area contributed by atoms with E-state index in [2.05, 4.69) is 5.32 Å². The lowest BCUT2D eigenvalue weighted by atomic mass is 10.2. The van der Waals surface area contributed by atoms with Gasteiger partial charge in [-0.25, -0.2) is 0 Å². The van der Waals surface area contributed by atoms with Crippen LogP contribution in [0.4, 0.5) is 0 Å². The number of hydrogen-bond acceptors (Lipinski definition) is 2. The van der Waals surface area contributed by atoms with Crippen molar-refractivity contribution in [2.24, 2.45) is 0 Å². The molecule has 2 aliphatic rings. The van der Waals surface area contributed by atoms with E-state index in [4.69, 9.17) is 0 Å². The minimum absolute atomic E-state index is 0.0469. The Morgan fingerprint density at radius 2 is 2.25 bits per heavy atom. The maximum atomic E-state index is 11.2. The number of allylic oxidation sites excluding steroid dienone is 2. The topological polar surface area (TPSA) is 49.4 Å². The first-order valence-electron chi connectivity index (χ1n) is 3.73. The van der Waals surface area contributed by atoms with Crippen molar-refractivity contribution in [2.45, 2.75) is 12.6 Å². The van der Waals surface area contributed by atoms with Crippen LogP contribution >= 0.6 is 0 Å². The van der Waals surface area contributed by atoms with Crippen LogP contribution in [0, 0.1) is 0 Å². The van der Waals surface area contributed by atoms with Crippen molar-refractivity contribution in [3.05, 3.63) is 24.4 Å². The predicted octanol–water partition coefficient (Wildman–Crippen LogP) is -0.256. The van der Waals surface area contributed by atoms with E-state index in [0.29, 0.717) is 0 Å². The van der Waals surface area contributed by atoms with Gasteiger partial charge >= 0.3 is 0 Å². The van der Waals surface area contributed by atoms with Gasteiger partial charge in [0.2, 0.25) is 11.8 Å². The SMILES string of the molecule is O=C1CC(=O)N2C=CC=C[C@@H]2N1. The van der Waals surface area contributed by atoms with E-state index < -0.39 is 0 Å². The quantitative estimate of drug-likeness (QED) is 0.502. The number of nitrogens with one attached hydrogen (secondary N) is 1. The smallest absolute Gasteiger partial charge is 0.237 e. The molecule has 0 aromatic heterocycles. The van der Waals surface area contributed by atoms with Crippen molar-refractivity contribution in [1.82, 2.24) is 10.2 Å². The summed E-state index contributed by atoms with van der Waals surface area (Å²) >= 11 is 0. The first-order chi connectivity index (χ1) is 5.77. The Morgan fingerprint density at radius 3 is 3.08 bits per heavy atom. The Kier molecular flexibility index (Phi) is 1.46. The number of carbonyl (C=O) groups is 2. The molecule has 62 valence electrons. The van der Waals surface area contributed by atoms with E-state index in [9.17, 15) is 9.59 Å². The summed E-state index contributed by atoms with van der Waals surface area (Å²) in [7, 11) is 0. The zero-order chi connectivity index (χ0) is 8.55. The first-order valence-corrected chi connectivity index (χ1v) is 3.73. The van der Waals surface area contributed by atoms with E-state index in [-0.39, 0.29) is 24.4 Å². The van der Waals surface area contributed by atoms with E-state index in [1.54, 1.807) is 24.4 Å². The fourth-order valence-electron chi connectivity index (χ4n) is 1.30. The Labute approximate surface area is 69.5 Å². The lowest BCUT2D eigenvalue weighted by Crippen LogP contribution is -2.53. The van der Waals surface area contributed by atoms with Crippen molar-refractivity contribution in [3.8, 4) is 0 Å². The van der Waals surface area contributed by atoms with E-state index in [0.717, 1.165) is 0 Å². The highest BCUT2D eigenvalue weighted by molar-refractivity contribution is 6.00. The summed E-state index contributed by atoms with van der Waals surface area (Å²) in [6.07, 6.45) is 6.70. The fraction of sp³-hybridized carbons (Fsp3) is 0.250. The second-order valence-corrected chi connectivity index (χ2v) is 2.72. The average Bonchev–Trinajstić information content (AvgIpc) is 2.04. The van der Waals surface area contributed by atoms with Crippen LogP contribution in [0.15, 0.2) is 24.4 Å². The van der Waals surface area contributed by atoms with Gasteiger partial charge in [-0.2, -0.15) is 0 Å². The number of nitrogens with zero attached hydrogens (tertiary/aromatic N) is 1. The van der Waals surface area contributed by atoms with Crippen molar-refractivity contribution in [3.63, 3.8) is 0 Å². The normalized spacial score (nSPS) is 27.0.